The Bertz CT molecular complexity index is 223. The summed E-state index contributed by atoms with van der Waals surface area (Å²) in [6.45, 7) is 1.66. The van der Waals surface area contributed by atoms with Crippen LogP contribution in [0.25, 0.3) is 0 Å². The fourth-order valence-electron chi connectivity index (χ4n) is 1.99. The van der Waals surface area contributed by atoms with Crippen molar-refractivity contribution >= 4 is 0 Å². The molecule has 2 atom stereocenters. The second-order valence-corrected chi connectivity index (χ2v) is 4.31. The average Bonchev–Trinajstić information content (AvgIpc) is 2.26. The molecule has 96 valence electrons. The molecule has 16 heavy (non-hydrogen) atoms. The largest absolute Gasteiger partial charge is 0.401 e. The first kappa shape index (κ1) is 13.7. The van der Waals surface area contributed by atoms with E-state index >= 15 is 0 Å². The number of halogens is 3. The second-order valence-electron chi connectivity index (χ2n) is 4.31. The first-order valence-corrected chi connectivity index (χ1v) is 5.54. The van der Waals surface area contributed by atoms with Crippen molar-refractivity contribution in [1.82, 2.24) is 5.32 Å². The van der Waals surface area contributed by atoms with Crippen molar-refractivity contribution in [2.24, 2.45) is 5.73 Å². The molecule has 0 radical (unpaired) electrons. The van der Waals surface area contributed by atoms with Crippen LogP contribution < -0.4 is 11.1 Å². The van der Waals surface area contributed by atoms with Gasteiger partial charge in [0.05, 0.1) is 12.6 Å². The molecule has 0 aliphatic carbocycles. The van der Waals surface area contributed by atoms with Crippen LogP contribution in [0.3, 0.4) is 0 Å². The minimum absolute atomic E-state index is 0.0121. The lowest BCUT2D eigenvalue weighted by Gasteiger charge is -2.41. The standard InChI is InChI=1S/C10H19F3N2O/c1-2-8-5-9(6-14,3-4-16-8)15-7-10(11,12)13/h8,15H,2-7,14H2,1H3. The normalized spacial score (nSPS) is 31.7. The summed E-state index contributed by atoms with van der Waals surface area (Å²) in [5, 5.41) is 2.56. The smallest absolute Gasteiger partial charge is 0.378 e. The molecule has 3 N–H and O–H groups in total. The Morgan fingerprint density at radius 2 is 2.19 bits per heavy atom. The second kappa shape index (κ2) is 5.33. The number of ether oxygens (including phenoxy) is 1. The average molecular weight is 240 g/mol. The molecule has 0 bridgehead atoms. The summed E-state index contributed by atoms with van der Waals surface area (Å²) in [6, 6.07) is 0. The van der Waals surface area contributed by atoms with Gasteiger partial charge < -0.3 is 15.8 Å². The molecule has 0 amide bonds. The van der Waals surface area contributed by atoms with Gasteiger partial charge in [0.2, 0.25) is 0 Å². The van der Waals surface area contributed by atoms with Crippen LogP contribution in [0, 0.1) is 0 Å². The molecule has 1 aliphatic heterocycles. The monoisotopic (exact) mass is 240 g/mol. The zero-order valence-corrected chi connectivity index (χ0v) is 9.44. The van der Waals surface area contributed by atoms with Crippen LogP contribution in [0.1, 0.15) is 26.2 Å². The summed E-state index contributed by atoms with van der Waals surface area (Å²) < 4.78 is 41.9. The van der Waals surface area contributed by atoms with Crippen molar-refractivity contribution in [3.05, 3.63) is 0 Å². The number of alkyl halides is 3. The molecule has 0 aromatic rings. The van der Waals surface area contributed by atoms with E-state index in [1.165, 1.54) is 0 Å². The van der Waals surface area contributed by atoms with Crippen LogP contribution in [0.5, 0.6) is 0 Å². The Kier molecular flexibility index (Phi) is 4.58. The van der Waals surface area contributed by atoms with E-state index in [2.05, 4.69) is 5.32 Å². The van der Waals surface area contributed by atoms with Crippen LogP contribution in [-0.4, -0.2) is 37.5 Å². The van der Waals surface area contributed by atoms with Gasteiger partial charge in [-0.25, -0.2) is 0 Å². The lowest BCUT2D eigenvalue weighted by Crippen LogP contribution is -2.58. The van der Waals surface area contributed by atoms with E-state index in [9.17, 15) is 13.2 Å². The summed E-state index contributed by atoms with van der Waals surface area (Å²) in [7, 11) is 0. The third kappa shape index (κ3) is 3.92. The van der Waals surface area contributed by atoms with Gasteiger partial charge in [-0.2, -0.15) is 13.2 Å². The van der Waals surface area contributed by atoms with Gasteiger partial charge in [-0.3, -0.25) is 0 Å². The lowest BCUT2D eigenvalue weighted by atomic mass is 9.86. The maximum absolute atomic E-state index is 12.2. The number of hydrogen-bond donors (Lipinski definition) is 2. The number of hydrogen-bond acceptors (Lipinski definition) is 3. The van der Waals surface area contributed by atoms with E-state index in [4.69, 9.17) is 10.5 Å². The van der Waals surface area contributed by atoms with Gasteiger partial charge in [-0.05, 0) is 19.3 Å². The van der Waals surface area contributed by atoms with Crippen LogP contribution in [0.15, 0.2) is 0 Å². The van der Waals surface area contributed by atoms with Gasteiger partial charge >= 0.3 is 6.18 Å². The molecule has 1 aliphatic rings. The van der Waals surface area contributed by atoms with E-state index in [-0.39, 0.29) is 12.6 Å². The third-order valence-electron chi connectivity index (χ3n) is 3.06. The van der Waals surface area contributed by atoms with E-state index in [1.54, 1.807) is 0 Å². The van der Waals surface area contributed by atoms with Crippen LogP contribution in [0.2, 0.25) is 0 Å². The Balaban J connectivity index is 2.55. The Hall–Kier alpha value is -0.330. The zero-order valence-electron chi connectivity index (χ0n) is 9.44. The van der Waals surface area contributed by atoms with E-state index < -0.39 is 18.3 Å². The molecule has 1 heterocycles. The van der Waals surface area contributed by atoms with Crippen molar-refractivity contribution in [2.75, 3.05) is 19.7 Å². The topological polar surface area (TPSA) is 47.3 Å². The highest BCUT2D eigenvalue weighted by Crippen LogP contribution is 2.26. The highest BCUT2D eigenvalue weighted by atomic mass is 19.4. The maximum Gasteiger partial charge on any atom is 0.401 e. The summed E-state index contributed by atoms with van der Waals surface area (Å²) in [6.07, 6.45) is -2.29. The van der Waals surface area contributed by atoms with Gasteiger partial charge in [0.1, 0.15) is 0 Å². The molecule has 1 fully saturated rings. The lowest BCUT2D eigenvalue weighted by molar-refractivity contribution is -0.133. The Morgan fingerprint density at radius 1 is 1.50 bits per heavy atom. The summed E-state index contributed by atoms with van der Waals surface area (Å²) >= 11 is 0. The van der Waals surface area contributed by atoms with Crippen molar-refractivity contribution in [3.63, 3.8) is 0 Å². The maximum atomic E-state index is 12.2. The van der Waals surface area contributed by atoms with Crippen LogP contribution in [-0.2, 0) is 4.74 Å². The molecule has 1 rings (SSSR count). The van der Waals surface area contributed by atoms with Crippen molar-refractivity contribution in [1.29, 1.82) is 0 Å². The minimum Gasteiger partial charge on any atom is -0.378 e. The van der Waals surface area contributed by atoms with Gasteiger partial charge in [0.15, 0.2) is 0 Å². The summed E-state index contributed by atoms with van der Waals surface area (Å²) in [5.41, 5.74) is 4.98. The predicted octanol–water partition coefficient (Wildman–Crippen LogP) is 1.42. The number of nitrogens with two attached hydrogens (primary N) is 1. The van der Waals surface area contributed by atoms with Gasteiger partial charge in [0, 0.05) is 18.7 Å². The van der Waals surface area contributed by atoms with Gasteiger partial charge in [-0.1, -0.05) is 6.92 Å². The first-order chi connectivity index (χ1) is 7.41. The van der Waals surface area contributed by atoms with Crippen molar-refractivity contribution < 1.29 is 17.9 Å². The fourth-order valence-corrected chi connectivity index (χ4v) is 1.99. The molecule has 0 aromatic carbocycles. The Labute approximate surface area is 93.5 Å². The summed E-state index contributed by atoms with van der Waals surface area (Å²) in [5.74, 6) is 0. The molecule has 6 heteroatoms. The van der Waals surface area contributed by atoms with E-state index in [0.717, 1.165) is 6.42 Å². The van der Waals surface area contributed by atoms with Gasteiger partial charge in [-0.15, -0.1) is 0 Å². The molecule has 0 saturated carbocycles. The fraction of sp³-hybridized carbons (Fsp3) is 1.00. The van der Waals surface area contributed by atoms with Crippen molar-refractivity contribution in [3.8, 4) is 0 Å². The number of nitrogens with one attached hydrogen (secondary N) is 1. The molecule has 1 saturated heterocycles. The molecular weight excluding hydrogens is 221 g/mol. The highest BCUT2D eigenvalue weighted by Gasteiger charge is 2.38. The minimum atomic E-state index is -4.19. The van der Waals surface area contributed by atoms with Crippen LogP contribution in [0.4, 0.5) is 13.2 Å². The molecule has 3 nitrogen and oxygen atoms in total. The quantitative estimate of drug-likeness (QED) is 0.781. The predicted molar refractivity (Wildman–Crippen MR) is 55.1 cm³/mol. The SMILES string of the molecule is CCC1CC(CN)(NCC(F)(F)F)CCO1. The highest BCUT2D eigenvalue weighted by molar-refractivity contribution is 4.94. The molecule has 2 unspecified atom stereocenters. The van der Waals surface area contributed by atoms with E-state index in [0.29, 0.717) is 19.4 Å². The first-order valence-electron chi connectivity index (χ1n) is 5.54. The molecular formula is C10H19F3N2O. The van der Waals surface area contributed by atoms with Gasteiger partial charge in [0.25, 0.3) is 0 Å². The molecule has 0 aromatic heterocycles. The molecule has 0 spiro atoms. The van der Waals surface area contributed by atoms with Crippen molar-refractivity contribution in [2.45, 2.75) is 44.0 Å². The van der Waals surface area contributed by atoms with Crippen LogP contribution >= 0.6 is 0 Å². The Morgan fingerprint density at radius 3 is 2.69 bits per heavy atom. The third-order valence-corrected chi connectivity index (χ3v) is 3.06. The number of rotatable bonds is 4. The zero-order chi connectivity index (χ0) is 12.2. The van der Waals surface area contributed by atoms with E-state index in [1.807, 2.05) is 6.92 Å². The summed E-state index contributed by atoms with van der Waals surface area (Å²) in [4.78, 5) is 0.